The lowest BCUT2D eigenvalue weighted by molar-refractivity contribution is -0.0446. The first-order valence-electron chi connectivity index (χ1n) is 6.27. The van der Waals surface area contributed by atoms with E-state index in [1.54, 1.807) is 12.1 Å². The molecule has 1 heterocycles. The maximum absolute atomic E-state index is 12.2. The molecule has 0 aliphatic carbocycles. The van der Waals surface area contributed by atoms with Crippen molar-refractivity contribution in [2.24, 2.45) is 0 Å². The van der Waals surface area contributed by atoms with Gasteiger partial charge in [0.05, 0.1) is 13.2 Å². The first-order valence-corrected chi connectivity index (χ1v) is 7.75. The number of rotatable bonds is 3. The van der Waals surface area contributed by atoms with Gasteiger partial charge in [-0.2, -0.15) is 21.6 Å². The number of nitrogens with one attached hydrogen (secondary N) is 1. The average Bonchev–Trinajstić information content (AvgIpc) is 2.47. The number of nitrogens with zero attached hydrogens (tertiary/aromatic N) is 1. The van der Waals surface area contributed by atoms with Crippen LogP contribution in [0.5, 0.6) is 0 Å². The summed E-state index contributed by atoms with van der Waals surface area (Å²) >= 11 is 0. The van der Waals surface area contributed by atoms with Crippen LogP contribution in [0.25, 0.3) is 0 Å². The fraction of sp³-hybridized carbons (Fsp3) is 0.417. The van der Waals surface area contributed by atoms with E-state index >= 15 is 0 Å². The van der Waals surface area contributed by atoms with Crippen molar-refractivity contribution < 1.29 is 31.1 Å². The first kappa shape index (κ1) is 16.6. The van der Waals surface area contributed by atoms with Gasteiger partial charge >= 0.3 is 15.5 Å². The number of hydrogen-bond donors (Lipinski definition) is 1. The molecular formula is C12H13F3N2O4S. The average molecular weight is 338 g/mol. The molecule has 1 aromatic carbocycles. The van der Waals surface area contributed by atoms with Crippen LogP contribution in [0.2, 0.25) is 0 Å². The Morgan fingerprint density at radius 1 is 1.14 bits per heavy atom. The van der Waals surface area contributed by atoms with Crippen LogP contribution >= 0.6 is 0 Å². The fourth-order valence-corrected chi connectivity index (χ4v) is 2.36. The van der Waals surface area contributed by atoms with Crippen molar-refractivity contribution in [3.05, 3.63) is 29.8 Å². The summed E-state index contributed by atoms with van der Waals surface area (Å²) in [5.74, 6) is -1.33. The molecule has 0 aromatic heterocycles. The summed E-state index contributed by atoms with van der Waals surface area (Å²) in [6.07, 6.45) is 0. The van der Waals surface area contributed by atoms with Crippen LogP contribution in [0.15, 0.2) is 24.3 Å². The summed E-state index contributed by atoms with van der Waals surface area (Å²) < 4.78 is 64.5. The minimum Gasteiger partial charge on any atom is -0.378 e. The number of ether oxygens (including phenoxy) is 1. The lowest BCUT2D eigenvalue weighted by atomic mass is 10.2. The molecule has 1 fully saturated rings. The van der Waals surface area contributed by atoms with Crippen molar-refractivity contribution in [1.82, 2.24) is 4.72 Å². The first-order chi connectivity index (χ1) is 10.2. The zero-order valence-corrected chi connectivity index (χ0v) is 12.1. The van der Waals surface area contributed by atoms with Gasteiger partial charge in [-0.05, 0) is 24.3 Å². The third-order valence-corrected chi connectivity index (χ3v) is 4.10. The Labute approximate surface area is 124 Å². The lowest BCUT2D eigenvalue weighted by Crippen LogP contribution is -2.40. The number of amides is 1. The number of carbonyl (C=O) groups is 1. The van der Waals surface area contributed by atoms with Crippen molar-refractivity contribution in [3.8, 4) is 0 Å². The van der Waals surface area contributed by atoms with Gasteiger partial charge in [0.1, 0.15) is 0 Å². The van der Waals surface area contributed by atoms with Crippen LogP contribution in [-0.2, 0) is 14.8 Å². The zero-order valence-electron chi connectivity index (χ0n) is 11.3. The third-order valence-electron chi connectivity index (χ3n) is 3.04. The van der Waals surface area contributed by atoms with Crippen LogP contribution in [-0.4, -0.2) is 46.1 Å². The highest BCUT2D eigenvalue weighted by atomic mass is 32.2. The van der Waals surface area contributed by atoms with Gasteiger partial charge in [0.2, 0.25) is 0 Å². The molecule has 2 rings (SSSR count). The highest BCUT2D eigenvalue weighted by molar-refractivity contribution is 7.90. The summed E-state index contributed by atoms with van der Waals surface area (Å²) in [4.78, 5) is 13.6. The monoisotopic (exact) mass is 338 g/mol. The van der Waals surface area contributed by atoms with E-state index in [0.29, 0.717) is 26.3 Å². The summed E-state index contributed by atoms with van der Waals surface area (Å²) in [5, 5.41) is 0. The molecule has 0 spiro atoms. The van der Waals surface area contributed by atoms with E-state index in [-0.39, 0.29) is 5.56 Å². The molecule has 0 unspecified atom stereocenters. The highest BCUT2D eigenvalue weighted by Crippen LogP contribution is 2.22. The maximum atomic E-state index is 12.2. The van der Waals surface area contributed by atoms with Gasteiger partial charge in [-0.15, -0.1) is 0 Å². The van der Waals surface area contributed by atoms with Crippen LogP contribution in [0.1, 0.15) is 10.4 Å². The number of hydrogen-bond acceptors (Lipinski definition) is 5. The summed E-state index contributed by atoms with van der Waals surface area (Å²) in [5.41, 5.74) is -4.93. The number of carbonyl (C=O) groups excluding carboxylic acids is 1. The van der Waals surface area contributed by atoms with E-state index in [4.69, 9.17) is 4.74 Å². The van der Waals surface area contributed by atoms with Crippen LogP contribution in [0.3, 0.4) is 0 Å². The molecule has 0 bridgehead atoms. The Kier molecular flexibility index (Phi) is 4.61. The predicted molar refractivity (Wildman–Crippen MR) is 71.9 cm³/mol. The zero-order chi connectivity index (χ0) is 16.4. The van der Waals surface area contributed by atoms with Crippen molar-refractivity contribution in [1.29, 1.82) is 0 Å². The van der Waals surface area contributed by atoms with Crippen LogP contribution < -0.4 is 9.62 Å². The van der Waals surface area contributed by atoms with Gasteiger partial charge in [0.25, 0.3) is 5.91 Å². The van der Waals surface area contributed by atoms with E-state index in [1.807, 2.05) is 4.90 Å². The second kappa shape index (κ2) is 6.13. The van der Waals surface area contributed by atoms with Gasteiger partial charge < -0.3 is 9.64 Å². The molecule has 22 heavy (non-hydrogen) atoms. The molecule has 0 radical (unpaired) electrons. The Morgan fingerprint density at radius 2 is 1.68 bits per heavy atom. The van der Waals surface area contributed by atoms with Crippen molar-refractivity contribution in [2.45, 2.75) is 5.51 Å². The number of alkyl halides is 3. The molecule has 122 valence electrons. The Hall–Kier alpha value is -1.81. The van der Waals surface area contributed by atoms with Crippen LogP contribution in [0, 0.1) is 0 Å². The normalized spacial score (nSPS) is 16.4. The highest BCUT2D eigenvalue weighted by Gasteiger charge is 2.47. The number of anilines is 1. The topological polar surface area (TPSA) is 75.7 Å². The number of sulfonamides is 1. The van der Waals surface area contributed by atoms with Crippen molar-refractivity contribution >= 4 is 21.6 Å². The predicted octanol–water partition coefficient (Wildman–Crippen LogP) is 1.10. The van der Waals surface area contributed by atoms with E-state index in [2.05, 4.69) is 0 Å². The second-order valence-corrected chi connectivity index (χ2v) is 6.20. The molecule has 1 aliphatic heterocycles. The minimum atomic E-state index is -5.70. The van der Waals surface area contributed by atoms with E-state index < -0.39 is 21.4 Å². The summed E-state index contributed by atoms with van der Waals surface area (Å²) in [6.45, 7) is 2.44. The smallest absolute Gasteiger partial charge is 0.378 e. The van der Waals surface area contributed by atoms with Crippen molar-refractivity contribution in [3.63, 3.8) is 0 Å². The third kappa shape index (κ3) is 3.69. The van der Waals surface area contributed by atoms with E-state index in [0.717, 1.165) is 10.4 Å². The molecule has 10 heteroatoms. The largest absolute Gasteiger partial charge is 0.516 e. The Balaban J connectivity index is 2.08. The van der Waals surface area contributed by atoms with E-state index in [9.17, 15) is 26.4 Å². The molecule has 0 saturated carbocycles. The summed E-state index contributed by atoms with van der Waals surface area (Å²) in [7, 11) is -5.70. The molecule has 1 saturated heterocycles. The summed E-state index contributed by atoms with van der Waals surface area (Å²) in [6, 6.07) is 5.62. The van der Waals surface area contributed by atoms with Gasteiger partial charge in [-0.25, -0.2) is 4.72 Å². The molecule has 1 N–H and O–H groups in total. The number of benzene rings is 1. The van der Waals surface area contributed by atoms with Gasteiger partial charge in [-0.1, -0.05) is 0 Å². The number of morpholine rings is 1. The van der Waals surface area contributed by atoms with Gasteiger partial charge in [0, 0.05) is 24.3 Å². The molecule has 6 nitrogen and oxygen atoms in total. The Bertz CT molecular complexity index is 637. The standard InChI is InChI=1S/C12H13F3N2O4S/c13-12(14,15)22(19,20)16-11(18)9-1-3-10(4-2-9)17-5-7-21-8-6-17/h1-4H,5-8H2,(H,16,18). The fourth-order valence-electron chi connectivity index (χ4n) is 1.88. The van der Waals surface area contributed by atoms with Crippen LogP contribution in [0.4, 0.5) is 18.9 Å². The van der Waals surface area contributed by atoms with Crippen molar-refractivity contribution in [2.75, 3.05) is 31.2 Å². The minimum absolute atomic E-state index is 0.176. The second-order valence-electron chi connectivity index (χ2n) is 4.53. The molecule has 1 aromatic rings. The molecule has 1 aliphatic rings. The SMILES string of the molecule is O=C(NS(=O)(=O)C(F)(F)F)c1ccc(N2CCOCC2)cc1. The molecular weight excluding hydrogens is 325 g/mol. The van der Waals surface area contributed by atoms with Gasteiger partial charge in [0.15, 0.2) is 0 Å². The lowest BCUT2D eigenvalue weighted by Gasteiger charge is -2.28. The van der Waals surface area contributed by atoms with E-state index in [1.165, 1.54) is 12.1 Å². The van der Waals surface area contributed by atoms with Gasteiger partial charge in [-0.3, -0.25) is 4.79 Å². The Morgan fingerprint density at radius 3 is 2.18 bits per heavy atom. The number of halogens is 3. The molecule has 0 atom stereocenters. The quantitative estimate of drug-likeness (QED) is 0.893. The maximum Gasteiger partial charge on any atom is 0.516 e. The molecule has 1 amide bonds.